The molecular formula is C45H71N9O8S. The summed E-state index contributed by atoms with van der Waals surface area (Å²) in [6.07, 6.45) is 2.05. The van der Waals surface area contributed by atoms with Crippen LogP contribution < -0.4 is 42.8 Å². The first-order chi connectivity index (χ1) is 29.1. The zero-order valence-electron chi connectivity index (χ0n) is 38.9. The molecule has 5 atom stereocenters. The molecule has 0 aromatic heterocycles. The number of nitrogens with two attached hydrogens (primary N) is 2. The molecule has 0 bridgehead atoms. The van der Waals surface area contributed by atoms with Gasteiger partial charge in [0.2, 0.25) is 23.6 Å². The van der Waals surface area contributed by atoms with Crippen LogP contribution in [0.2, 0.25) is 0 Å². The predicted octanol–water partition coefficient (Wildman–Crippen LogP) is 2.55. The molecule has 350 valence electrons. The van der Waals surface area contributed by atoms with Crippen LogP contribution in [0.4, 0.5) is 4.79 Å². The van der Waals surface area contributed by atoms with Crippen molar-refractivity contribution in [3.8, 4) is 0 Å². The molecule has 5 unspecified atom stereocenters. The van der Waals surface area contributed by atoms with Gasteiger partial charge in [0.05, 0.1) is 23.0 Å². The van der Waals surface area contributed by atoms with Gasteiger partial charge in [-0.25, -0.2) is 17.9 Å². The molecule has 0 spiro atoms. The fraction of sp³-hybridized carbons (Fsp3) is 0.556. The third-order valence-electron chi connectivity index (χ3n) is 11.0. The van der Waals surface area contributed by atoms with Crippen molar-refractivity contribution in [2.24, 2.45) is 28.7 Å². The summed E-state index contributed by atoms with van der Waals surface area (Å²) in [5.41, 5.74) is 11.3. The number of benzene rings is 2. The highest BCUT2D eigenvalue weighted by Crippen LogP contribution is 2.29. The summed E-state index contributed by atoms with van der Waals surface area (Å²) in [6.45, 7) is 18.4. The van der Waals surface area contributed by atoms with Gasteiger partial charge >= 0.3 is 6.03 Å². The van der Waals surface area contributed by atoms with Gasteiger partial charge in [0.25, 0.3) is 15.9 Å². The molecule has 0 saturated heterocycles. The van der Waals surface area contributed by atoms with Gasteiger partial charge in [0.1, 0.15) is 12.1 Å². The number of hydrogen-bond acceptors (Lipinski definition) is 10. The van der Waals surface area contributed by atoms with Gasteiger partial charge < -0.3 is 43.0 Å². The van der Waals surface area contributed by atoms with Gasteiger partial charge in [0, 0.05) is 31.1 Å². The van der Waals surface area contributed by atoms with E-state index in [1.54, 1.807) is 27.9 Å². The average molecular weight is 898 g/mol. The highest BCUT2D eigenvalue weighted by atomic mass is 32.2. The summed E-state index contributed by atoms with van der Waals surface area (Å²) in [5, 5.41) is 14.0. The number of likely N-dealkylation sites (N-methyl/N-ethyl adjacent to an activating group) is 2. The molecule has 10 N–H and O–H groups in total. The molecule has 0 aliphatic heterocycles. The van der Waals surface area contributed by atoms with E-state index < -0.39 is 74.8 Å². The molecule has 7 amide bonds. The van der Waals surface area contributed by atoms with Crippen molar-refractivity contribution in [3.05, 3.63) is 77.4 Å². The topological polar surface area (TPSA) is 264 Å². The van der Waals surface area contributed by atoms with Crippen molar-refractivity contribution in [1.82, 2.24) is 36.2 Å². The molecule has 0 aliphatic carbocycles. The fourth-order valence-electron chi connectivity index (χ4n) is 6.88. The van der Waals surface area contributed by atoms with Crippen molar-refractivity contribution in [3.63, 3.8) is 0 Å². The third-order valence-corrected chi connectivity index (χ3v) is 12.3. The van der Waals surface area contributed by atoms with Gasteiger partial charge in [-0.2, -0.15) is 0 Å². The van der Waals surface area contributed by atoms with Crippen LogP contribution in [0, 0.1) is 17.3 Å². The number of primary amides is 1. The van der Waals surface area contributed by atoms with E-state index >= 15 is 0 Å². The Hall–Kier alpha value is -5.33. The second kappa shape index (κ2) is 23.4. The van der Waals surface area contributed by atoms with Crippen LogP contribution in [0.5, 0.6) is 0 Å². The second-order valence-corrected chi connectivity index (χ2v) is 19.9. The van der Waals surface area contributed by atoms with Gasteiger partial charge in [0.15, 0.2) is 0 Å². The number of hydrogen-bond donors (Lipinski definition) is 8. The molecule has 0 saturated carbocycles. The van der Waals surface area contributed by atoms with Crippen molar-refractivity contribution < 1.29 is 37.2 Å². The van der Waals surface area contributed by atoms with E-state index in [0.29, 0.717) is 12.0 Å². The molecule has 18 heteroatoms. The lowest BCUT2D eigenvalue weighted by Crippen LogP contribution is -2.61. The summed E-state index contributed by atoms with van der Waals surface area (Å²) in [4.78, 5) is 79.7. The molecule has 17 nitrogen and oxygen atoms in total. The molecule has 0 heterocycles. The van der Waals surface area contributed by atoms with E-state index in [4.69, 9.17) is 11.5 Å². The van der Waals surface area contributed by atoms with E-state index in [2.05, 4.69) is 31.3 Å². The van der Waals surface area contributed by atoms with E-state index in [1.165, 1.54) is 42.2 Å². The fourth-order valence-corrected chi connectivity index (χ4v) is 7.90. The molecule has 63 heavy (non-hydrogen) atoms. The number of carbonyl (C=O) groups excluding carboxylic acids is 6. The average Bonchev–Trinajstić information content (AvgIpc) is 3.20. The van der Waals surface area contributed by atoms with Gasteiger partial charge in [-0.05, 0) is 67.3 Å². The normalized spacial score (nSPS) is 14.7. The van der Waals surface area contributed by atoms with Crippen LogP contribution in [0.3, 0.4) is 0 Å². The summed E-state index contributed by atoms with van der Waals surface area (Å²) in [5.74, 6) is -3.05. The van der Waals surface area contributed by atoms with Crippen LogP contribution in [0.1, 0.15) is 93.2 Å². The minimum atomic E-state index is -4.36. The largest absolute Gasteiger partial charge is 0.352 e. The Balaban J connectivity index is 2.20. The molecular weight excluding hydrogens is 827 g/mol. The summed E-state index contributed by atoms with van der Waals surface area (Å²) < 4.78 is 28.8. The van der Waals surface area contributed by atoms with Crippen LogP contribution in [-0.2, 0) is 46.0 Å². The Labute approximate surface area is 373 Å². The zero-order chi connectivity index (χ0) is 48.0. The summed E-state index contributed by atoms with van der Waals surface area (Å²) in [6, 6.07) is 10.3. The van der Waals surface area contributed by atoms with E-state index in [9.17, 15) is 37.2 Å². The molecule has 2 rings (SSSR count). The van der Waals surface area contributed by atoms with E-state index in [1.807, 2.05) is 78.8 Å². The SMILES string of the molecule is CNC(C(=O)NC(C(=O)N(C)C(/C=C(\C)C(=O)NS(=O)(=O)c1ccc(CNC(=O)C(CCCNC(N)=O)NC(=O)C(N)C(C)C)cc1)C(C)C)C(C)(C)C)C(C)(C)c1ccccc1. The minimum absolute atomic E-state index is 0.0141. The maximum absolute atomic E-state index is 14.3. The van der Waals surface area contributed by atoms with Crippen molar-refractivity contribution >= 4 is 45.6 Å². The Morgan fingerprint density at radius 3 is 1.89 bits per heavy atom. The number of urea groups is 1. The first-order valence-corrected chi connectivity index (χ1v) is 22.6. The van der Waals surface area contributed by atoms with Crippen LogP contribution in [0.25, 0.3) is 0 Å². The second-order valence-electron chi connectivity index (χ2n) is 18.2. The number of nitrogens with one attached hydrogen (secondary N) is 6. The minimum Gasteiger partial charge on any atom is -0.352 e. The first kappa shape index (κ1) is 53.8. The van der Waals surface area contributed by atoms with Crippen LogP contribution >= 0.6 is 0 Å². The highest BCUT2D eigenvalue weighted by molar-refractivity contribution is 7.90. The zero-order valence-corrected chi connectivity index (χ0v) is 39.7. The Morgan fingerprint density at radius 1 is 0.794 bits per heavy atom. The standard InChI is InChI=1S/C45H71N9O8S/c1-27(2)34(54(12)42(59)37(44(6,7)8)52-41(58)36(48-11)45(9,10)31-17-14-13-15-18-31)25-29(5)38(55)53-63(61,62)32-22-20-30(21-23-32)26-50-39(56)33(19-16-24-49-43(47)60)51-40(57)35(46)28(3)4/h13-15,17-18,20-23,25,27-28,33-37,48H,16,19,24,26,46H2,1-12H3,(H,50,56)(H,51,57)(H,52,58)(H,53,55)(H3,47,49,60)/b29-25+. The van der Waals surface area contributed by atoms with Crippen molar-refractivity contribution in [1.29, 1.82) is 0 Å². The highest BCUT2D eigenvalue weighted by Gasteiger charge is 2.42. The summed E-state index contributed by atoms with van der Waals surface area (Å²) in [7, 11) is -1.07. The molecule has 0 radical (unpaired) electrons. The quantitative estimate of drug-likeness (QED) is 0.0633. The van der Waals surface area contributed by atoms with Crippen LogP contribution in [-0.4, -0.2) is 99.7 Å². The third kappa shape index (κ3) is 15.8. The Morgan fingerprint density at radius 2 is 1.38 bits per heavy atom. The molecule has 0 fully saturated rings. The lowest BCUT2D eigenvalue weighted by molar-refractivity contribution is -0.140. The van der Waals surface area contributed by atoms with Crippen molar-refractivity contribution in [2.75, 3.05) is 20.6 Å². The first-order valence-electron chi connectivity index (χ1n) is 21.2. The lowest BCUT2D eigenvalue weighted by atomic mass is 9.76. The maximum atomic E-state index is 14.3. The number of nitrogens with zero attached hydrogens (tertiary/aromatic N) is 1. The molecule has 0 aliphatic rings. The molecule has 2 aromatic rings. The van der Waals surface area contributed by atoms with E-state index in [0.717, 1.165) is 5.56 Å². The smallest absolute Gasteiger partial charge is 0.312 e. The number of rotatable bonds is 22. The van der Waals surface area contributed by atoms with Gasteiger partial charge in [-0.15, -0.1) is 0 Å². The number of carbonyl (C=O) groups is 6. The van der Waals surface area contributed by atoms with Gasteiger partial charge in [-0.1, -0.05) is 111 Å². The predicted molar refractivity (Wildman–Crippen MR) is 244 cm³/mol. The van der Waals surface area contributed by atoms with E-state index in [-0.39, 0.29) is 53.6 Å². The summed E-state index contributed by atoms with van der Waals surface area (Å²) >= 11 is 0. The van der Waals surface area contributed by atoms with Gasteiger partial charge in [-0.3, -0.25) is 24.0 Å². The number of sulfonamides is 1. The number of amides is 7. The Bertz CT molecular complexity index is 2030. The Kier molecular flexibility index (Phi) is 20.0. The lowest BCUT2D eigenvalue weighted by Gasteiger charge is -2.40. The monoisotopic (exact) mass is 898 g/mol. The maximum Gasteiger partial charge on any atom is 0.312 e. The molecule has 2 aromatic carbocycles. The van der Waals surface area contributed by atoms with Crippen LogP contribution in [0.15, 0.2) is 71.1 Å². The van der Waals surface area contributed by atoms with Crippen molar-refractivity contribution in [2.45, 2.75) is 129 Å².